The molecule has 3 aromatic carbocycles. The van der Waals surface area contributed by atoms with Gasteiger partial charge in [-0.15, -0.1) is 0 Å². The maximum Gasteiger partial charge on any atom is 0.312 e. The fourth-order valence-electron chi connectivity index (χ4n) is 4.65. The predicted molar refractivity (Wildman–Crippen MR) is 128 cm³/mol. The first-order chi connectivity index (χ1) is 16.5. The van der Waals surface area contributed by atoms with E-state index < -0.39 is 11.9 Å². The molecule has 6 nitrogen and oxygen atoms in total. The molecule has 0 aliphatic carbocycles. The van der Waals surface area contributed by atoms with Crippen LogP contribution in [0.25, 0.3) is 33.0 Å². The van der Waals surface area contributed by atoms with Gasteiger partial charge < -0.3 is 14.3 Å². The molecule has 5 aromatic rings. The zero-order valence-electron chi connectivity index (χ0n) is 17.6. The average molecular weight is 470 g/mol. The third kappa shape index (κ3) is 3.15. The Morgan fingerprint density at radius 2 is 1.82 bits per heavy atom. The van der Waals surface area contributed by atoms with Gasteiger partial charge in [-0.2, -0.15) is 0 Å². The summed E-state index contributed by atoms with van der Waals surface area (Å²) in [7, 11) is 0. The summed E-state index contributed by atoms with van der Waals surface area (Å²) in [6, 6.07) is 17.6. The van der Waals surface area contributed by atoms with E-state index in [4.69, 9.17) is 20.8 Å². The van der Waals surface area contributed by atoms with Gasteiger partial charge in [0, 0.05) is 34.2 Å². The Morgan fingerprint density at radius 3 is 2.65 bits per heavy atom. The minimum absolute atomic E-state index is 0.0347. The molecule has 2 aromatic heterocycles. The quantitative estimate of drug-likeness (QED) is 0.259. The fourth-order valence-corrected chi connectivity index (χ4v) is 4.77. The number of phenolic OH excluding ortho intramolecular Hbond substituents is 1. The normalized spacial score (nSPS) is 15.3. The first kappa shape index (κ1) is 20.4. The molecule has 34 heavy (non-hydrogen) atoms. The van der Waals surface area contributed by atoms with Gasteiger partial charge in [0.2, 0.25) is 5.43 Å². The Morgan fingerprint density at radius 1 is 1.03 bits per heavy atom. The van der Waals surface area contributed by atoms with Crippen molar-refractivity contribution in [3.05, 3.63) is 99.5 Å². The molecule has 166 valence electrons. The van der Waals surface area contributed by atoms with Crippen LogP contribution in [0.4, 0.5) is 0 Å². The zero-order chi connectivity index (χ0) is 23.4. The number of carbonyl (C=O) groups excluding carboxylic acids is 1. The Hall–Kier alpha value is -4.16. The van der Waals surface area contributed by atoms with Crippen LogP contribution in [0.5, 0.6) is 11.5 Å². The number of benzene rings is 3. The lowest BCUT2D eigenvalue weighted by molar-refractivity contribution is -0.135. The van der Waals surface area contributed by atoms with Crippen molar-refractivity contribution in [3.63, 3.8) is 0 Å². The second-order valence-corrected chi connectivity index (χ2v) is 8.58. The number of fused-ring (bicyclic) bond motifs is 4. The molecule has 0 radical (unpaired) electrons. The van der Waals surface area contributed by atoms with Crippen molar-refractivity contribution >= 4 is 39.4 Å². The third-order valence-corrected chi connectivity index (χ3v) is 6.44. The monoisotopic (exact) mass is 469 g/mol. The van der Waals surface area contributed by atoms with Crippen LogP contribution >= 0.6 is 11.6 Å². The molecule has 3 heterocycles. The summed E-state index contributed by atoms with van der Waals surface area (Å²) in [6.07, 6.45) is 3.12. The van der Waals surface area contributed by atoms with Gasteiger partial charge in [0.1, 0.15) is 28.7 Å². The minimum atomic E-state index is -0.447. The van der Waals surface area contributed by atoms with E-state index in [0.717, 1.165) is 16.5 Å². The number of aromatic nitrogens is 1. The van der Waals surface area contributed by atoms with E-state index in [9.17, 15) is 14.7 Å². The number of hydrogen-bond acceptors (Lipinski definition) is 6. The van der Waals surface area contributed by atoms with Gasteiger partial charge in [-0.05, 0) is 35.4 Å². The van der Waals surface area contributed by atoms with Crippen LogP contribution in [0, 0.1) is 0 Å². The maximum absolute atomic E-state index is 13.5. The van der Waals surface area contributed by atoms with E-state index >= 15 is 0 Å². The number of nitrogens with zero attached hydrogens (tertiary/aromatic N) is 1. The van der Waals surface area contributed by atoms with Gasteiger partial charge in [-0.25, -0.2) is 0 Å². The Labute approximate surface area is 198 Å². The number of aromatic hydroxyl groups is 1. The van der Waals surface area contributed by atoms with Crippen LogP contribution < -0.4 is 10.2 Å². The number of phenols is 1. The molecule has 6 rings (SSSR count). The van der Waals surface area contributed by atoms with E-state index in [1.807, 2.05) is 30.3 Å². The number of para-hydroxylation sites is 1. The summed E-state index contributed by atoms with van der Waals surface area (Å²) in [6.45, 7) is 0. The summed E-state index contributed by atoms with van der Waals surface area (Å²) in [5.41, 5.74) is 2.90. The molecule has 7 heteroatoms. The highest BCUT2D eigenvalue weighted by Crippen LogP contribution is 2.46. The number of esters is 1. The van der Waals surface area contributed by atoms with Crippen LogP contribution in [0.3, 0.4) is 0 Å². The number of hydrogen-bond donors (Lipinski definition) is 1. The SMILES string of the molecule is O=C1C[C@H](c2ccnc3ccccc23)c2c(cc(O)c3c(=O)c(-c4ccc(Cl)cc4)coc23)O1. The van der Waals surface area contributed by atoms with Crippen molar-refractivity contribution in [3.8, 4) is 22.6 Å². The lowest BCUT2D eigenvalue weighted by Crippen LogP contribution is -2.22. The van der Waals surface area contributed by atoms with E-state index in [0.29, 0.717) is 16.1 Å². The smallest absolute Gasteiger partial charge is 0.312 e. The van der Waals surface area contributed by atoms with Gasteiger partial charge in [0.15, 0.2) is 0 Å². The molecule has 0 unspecified atom stereocenters. The second kappa shape index (κ2) is 7.71. The number of halogens is 1. The summed E-state index contributed by atoms with van der Waals surface area (Å²) < 4.78 is 11.4. The van der Waals surface area contributed by atoms with Gasteiger partial charge >= 0.3 is 5.97 Å². The van der Waals surface area contributed by atoms with Crippen molar-refractivity contribution in [2.24, 2.45) is 0 Å². The number of rotatable bonds is 2. The van der Waals surface area contributed by atoms with Gasteiger partial charge in [0.25, 0.3) is 0 Å². The second-order valence-electron chi connectivity index (χ2n) is 8.15. The molecule has 1 N–H and O–H groups in total. The first-order valence-electron chi connectivity index (χ1n) is 10.6. The highest BCUT2D eigenvalue weighted by Gasteiger charge is 2.34. The Balaban J connectivity index is 1.64. The van der Waals surface area contributed by atoms with Crippen molar-refractivity contribution in [1.29, 1.82) is 0 Å². The van der Waals surface area contributed by atoms with Crippen molar-refractivity contribution in [2.75, 3.05) is 0 Å². The van der Waals surface area contributed by atoms with E-state index in [1.165, 1.54) is 12.3 Å². The topological polar surface area (TPSA) is 89.6 Å². The molecular formula is C27H16ClNO5. The largest absolute Gasteiger partial charge is 0.507 e. The van der Waals surface area contributed by atoms with Crippen molar-refractivity contribution in [1.82, 2.24) is 4.98 Å². The van der Waals surface area contributed by atoms with Crippen LogP contribution in [-0.2, 0) is 4.79 Å². The first-order valence-corrected chi connectivity index (χ1v) is 11.0. The molecule has 0 saturated carbocycles. The lowest BCUT2D eigenvalue weighted by Gasteiger charge is -2.26. The van der Waals surface area contributed by atoms with E-state index in [2.05, 4.69) is 4.98 Å². The predicted octanol–water partition coefficient (Wildman–Crippen LogP) is 5.81. The third-order valence-electron chi connectivity index (χ3n) is 6.18. The molecule has 0 bridgehead atoms. The maximum atomic E-state index is 13.5. The van der Waals surface area contributed by atoms with Crippen LogP contribution in [0.2, 0.25) is 5.02 Å². The summed E-state index contributed by atoms with van der Waals surface area (Å²) >= 11 is 5.98. The minimum Gasteiger partial charge on any atom is -0.507 e. The molecule has 0 saturated heterocycles. The number of pyridine rings is 1. The zero-order valence-corrected chi connectivity index (χ0v) is 18.4. The van der Waals surface area contributed by atoms with E-state index in [1.54, 1.807) is 30.5 Å². The van der Waals surface area contributed by atoms with Gasteiger partial charge in [-0.3, -0.25) is 14.6 Å². The summed E-state index contributed by atoms with van der Waals surface area (Å²) in [5, 5.41) is 12.2. The van der Waals surface area contributed by atoms with Crippen molar-refractivity contribution in [2.45, 2.75) is 12.3 Å². The number of ether oxygens (including phenoxy) is 1. The molecular weight excluding hydrogens is 454 g/mol. The lowest BCUT2D eigenvalue weighted by atomic mass is 9.83. The molecule has 1 aliphatic heterocycles. The van der Waals surface area contributed by atoms with Crippen molar-refractivity contribution < 1.29 is 19.1 Å². The van der Waals surface area contributed by atoms with Gasteiger partial charge in [0.05, 0.1) is 17.5 Å². The number of carbonyl (C=O) groups is 1. The summed E-state index contributed by atoms with van der Waals surface area (Å²) in [4.78, 5) is 30.4. The fraction of sp³-hybridized carbons (Fsp3) is 0.0741. The highest BCUT2D eigenvalue weighted by molar-refractivity contribution is 6.30. The average Bonchev–Trinajstić information content (AvgIpc) is 2.84. The van der Waals surface area contributed by atoms with Gasteiger partial charge in [-0.1, -0.05) is 41.9 Å². The Kier molecular flexibility index (Phi) is 4.64. The molecule has 1 atom stereocenters. The highest BCUT2D eigenvalue weighted by atomic mass is 35.5. The molecule has 1 aliphatic rings. The standard InChI is InChI=1S/C27H16ClNO5/c28-15-7-5-14(6-8-15)19-13-33-27-24-18(16-9-10-29-20-4-2-1-3-17(16)20)11-23(31)34-22(24)12-21(30)25(27)26(19)32/h1-10,12-13,18,30H,11H2/t18-/m1/s1. The summed E-state index contributed by atoms with van der Waals surface area (Å²) in [5.74, 6) is -1.02. The molecule has 0 amide bonds. The van der Waals surface area contributed by atoms with Crippen LogP contribution in [0.1, 0.15) is 23.5 Å². The van der Waals surface area contributed by atoms with E-state index in [-0.39, 0.29) is 39.9 Å². The molecule has 0 spiro atoms. The van der Waals surface area contributed by atoms with Crippen LogP contribution in [0.15, 0.2) is 82.3 Å². The van der Waals surface area contributed by atoms with Crippen LogP contribution in [-0.4, -0.2) is 16.1 Å². The molecule has 0 fully saturated rings. The Bertz CT molecular complexity index is 1670.